The minimum Gasteiger partial charge on any atom is -0.507 e. The molecule has 27 heavy (non-hydrogen) atoms. The molecular formula is C21H22N2O4. The Morgan fingerprint density at radius 1 is 1.41 bits per heavy atom. The van der Waals surface area contributed by atoms with Crippen LogP contribution in [0.4, 0.5) is 0 Å². The van der Waals surface area contributed by atoms with E-state index in [-0.39, 0.29) is 47.3 Å². The van der Waals surface area contributed by atoms with Crippen LogP contribution < -0.4 is 5.56 Å². The lowest BCUT2D eigenvalue weighted by atomic mass is 9.89. The molecule has 0 bridgehead atoms. The third-order valence-corrected chi connectivity index (χ3v) is 5.44. The lowest BCUT2D eigenvalue weighted by Gasteiger charge is -2.23. The van der Waals surface area contributed by atoms with Gasteiger partial charge < -0.3 is 14.4 Å². The number of aromatic hydroxyl groups is 1. The number of esters is 1. The summed E-state index contributed by atoms with van der Waals surface area (Å²) in [6.45, 7) is 3.86. The van der Waals surface area contributed by atoms with E-state index in [0.29, 0.717) is 18.7 Å². The van der Waals surface area contributed by atoms with Gasteiger partial charge in [0.05, 0.1) is 35.5 Å². The molecule has 140 valence electrons. The van der Waals surface area contributed by atoms with Crippen LogP contribution in [0.15, 0.2) is 51.8 Å². The van der Waals surface area contributed by atoms with E-state index in [0.717, 1.165) is 11.3 Å². The molecule has 1 N–H and O–H groups in total. The second kappa shape index (κ2) is 6.68. The van der Waals surface area contributed by atoms with Crippen molar-refractivity contribution in [2.24, 2.45) is 16.8 Å². The standard InChI is InChI=1S/C21H22N2O4/c1-3-12(2)21(26)27-11-15-18(24)9-17-19-14(10-23(17)20(15)25)8-13-6-4-5-7-16(13)22-19/h4-9,12-13,16,24H,3,10-11H2,1-2H3/t12-,13?,16?/m0/s1. The molecule has 4 rings (SSSR count). The maximum Gasteiger partial charge on any atom is 0.308 e. The van der Waals surface area contributed by atoms with Gasteiger partial charge in [0.15, 0.2) is 0 Å². The molecule has 0 fully saturated rings. The summed E-state index contributed by atoms with van der Waals surface area (Å²) in [6, 6.07) is 1.57. The first-order valence-corrected chi connectivity index (χ1v) is 9.26. The third-order valence-electron chi connectivity index (χ3n) is 5.44. The molecule has 2 aliphatic heterocycles. The number of nitrogens with zero attached hydrogens (tertiary/aromatic N) is 2. The van der Waals surface area contributed by atoms with Gasteiger partial charge in [-0.2, -0.15) is 0 Å². The maximum atomic E-state index is 12.9. The summed E-state index contributed by atoms with van der Waals surface area (Å²) in [7, 11) is 0. The van der Waals surface area contributed by atoms with Gasteiger partial charge in [-0.1, -0.05) is 44.2 Å². The van der Waals surface area contributed by atoms with Crippen molar-refractivity contribution >= 4 is 11.7 Å². The Hall–Kier alpha value is -2.89. The molecule has 3 aliphatic rings. The van der Waals surface area contributed by atoms with Crippen LogP contribution in [0.3, 0.4) is 0 Å². The highest BCUT2D eigenvalue weighted by atomic mass is 16.5. The minimum atomic E-state index is -0.370. The molecule has 0 saturated carbocycles. The van der Waals surface area contributed by atoms with E-state index in [2.05, 4.69) is 12.2 Å². The zero-order chi connectivity index (χ0) is 19.1. The average Bonchev–Trinajstić information content (AvgIpc) is 3.02. The molecule has 0 spiro atoms. The van der Waals surface area contributed by atoms with Crippen molar-refractivity contribution in [1.29, 1.82) is 0 Å². The highest BCUT2D eigenvalue weighted by Crippen LogP contribution is 2.32. The summed E-state index contributed by atoms with van der Waals surface area (Å²) in [5, 5.41) is 10.4. The van der Waals surface area contributed by atoms with Crippen molar-refractivity contribution in [1.82, 2.24) is 4.57 Å². The van der Waals surface area contributed by atoms with Gasteiger partial charge in [-0.25, -0.2) is 0 Å². The smallest absolute Gasteiger partial charge is 0.308 e. The first-order valence-electron chi connectivity index (χ1n) is 9.26. The monoisotopic (exact) mass is 366 g/mol. The predicted molar refractivity (Wildman–Crippen MR) is 102 cm³/mol. The highest BCUT2D eigenvalue weighted by molar-refractivity contribution is 6.14. The maximum absolute atomic E-state index is 12.9. The fourth-order valence-electron chi connectivity index (χ4n) is 3.59. The molecule has 0 aromatic carbocycles. The Kier molecular flexibility index (Phi) is 4.34. The van der Waals surface area contributed by atoms with E-state index in [4.69, 9.17) is 9.73 Å². The second-order valence-electron chi connectivity index (χ2n) is 7.21. The van der Waals surface area contributed by atoms with Crippen LogP contribution in [0.2, 0.25) is 0 Å². The van der Waals surface area contributed by atoms with Crippen LogP contribution in [0.25, 0.3) is 0 Å². The highest BCUT2D eigenvalue weighted by Gasteiger charge is 2.32. The first kappa shape index (κ1) is 17.5. The molecular weight excluding hydrogens is 344 g/mol. The number of aromatic nitrogens is 1. The molecule has 0 amide bonds. The van der Waals surface area contributed by atoms with Crippen LogP contribution in [0.1, 0.15) is 31.5 Å². The topological polar surface area (TPSA) is 80.9 Å². The zero-order valence-corrected chi connectivity index (χ0v) is 15.4. The molecule has 3 heterocycles. The molecule has 0 saturated heterocycles. The summed E-state index contributed by atoms with van der Waals surface area (Å²) in [5.41, 5.74) is 2.12. The van der Waals surface area contributed by atoms with Gasteiger partial charge >= 0.3 is 5.97 Å². The summed E-state index contributed by atoms with van der Waals surface area (Å²) in [4.78, 5) is 29.6. The van der Waals surface area contributed by atoms with Crippen LogP contribution in [-0.2, 0) is 22.7 Å². The number of ether oxygens (including phenoxy) is 1. The van der Waals surface area contributed by atoms with Crippen LogP contribution in [-0.4, -0.2) is 27.4 Å². The summed E-state index contributed by atoms with van der Waals surface area (Å²) in [5.74, 6) is -0.571. The van der Waals surface area contributed by atoms with Crippen LogP contribution >= 0.6 is 0 Å². The van der Waals surface area contributed by atoms with Gasteiger partial charge in [0.2, 0.25) is 0 Å². The number of allylic oxidation sites excluding steroid dienone is 3. The first-order chi connectivity index (χ1) is 13.0. The van der Waals surface area contributed by atoms with Gasteiger partial charge in [0.25, 0.3) is 5.56 Å². The van der Waals surface area contributed by atoms with E-state index in [1.54, 1.807) is 17.6 Å². The Balaban J connectivity index is 1.66. The third kappa shape index (κ3) is 2.95. The molecule has 3 atom stereocenters. The number of aliphatic imine (C=N–C) groups is 1. The number of carbonyl (C=O) groups is 1. The van der Waals surface area contributed by atoms with Crippen molar-refractivity contribution in [3.05, 3.63) is 63.6 Å². The lowest BCUT2D eigenvalue weighted by Crippen LogP contribution is -2.25. The van der Waals surface area contributed by atoms with Gasteiger partial charge in [-0.15, -0.1) is 0 Å². The number of rotatable bonds is 4. The van der Waals surface area contributed by atoms with E-state index in [1.165, 1.54) is 0 Å². The Morgan fingerprint density at radius 3 is 2.96 bits per heavy atom. The quantitative estimate of drug-likeness (QED) is 0.830. The predicted octanol–water partition coefficient (Wildman–Crippen LogP) is 2.50. The number of dihydropyridines is 1. The van der Waals surface area contributed by atoms with Crippen molar-refractivity contribution in [2.45, 2.75) is 39.5 Å². The largest absolute Gasteiger partial charge is 0.507 e. The number of hydrogen-bond donors (Lipinski definition) is 1. The fourth-order valence-corrected chi connectivity index (χ4v) is 3.59. The van der Waals surface area contributed by atoms with E-state index < -0.39 is 0 Å². The number of fused-ring (bicyclic) bond motifs is 4. The van der Waals surface area contributed by atoms with Gasteiger partial charge in [-0.05, 0) is 12.0 Å². The number of pyridine rings is 1. The molecule has 1 aliphatic carbocycles. The van der Waals surface area contributed by atoms with Crippen molar-refractivity contribution < 1.29 is 14.6 Å². The van der Waals surface area contributed by atoms with E-state index >= 15 is 0 Å². The summed E-state index contributed by atoms with van der Waals surface area (Å²) in [6.07, 6.45) is 10.9. The second-order valence-corrected chi connectivity index (χ2v) is 7.21. The Labute approximate surface area is 157 Å². The SMILES string of the molecule is CC[C@H](C)C(=O)OCc1c(O)cc2n(c1=O)CC1=CC3C=CC=CC3N=C12. The molecule has 2 unspecified atom stereocenters. The Morgan fingerprint density at radius 2 is 2.19 bits per heavy atom. The number of hydrogen-bond acceptors (Lipinski definition) is 5. The van der Waals surface area contributed by atoms with Crippen LogP contribution in [0, 0.1) is 11.8 Å². The summed E-state index contributed by atoms with van der Waals surface area (Å²) >= 11 is 0. The molecule has 6 heteroatoms. The summed E-state index contributed by atoms with van der Waals surface area (Å²) < 4.78 is 6.82. The minimum absolute atomic E-state index is 0.0220. The van der Waals surface area contributed by atoms with Crippen molar-refractivity contribution in [2.75, 3.05) is 0 Å². The van der Waals surface area contributed by atoms with E-state index in [1.807, 2.05) is 25.2 Å². The number of carbonyl (C=O) groups excluding carboxylic acids is 1. The van der Waals surface area contributed by atoms with Gasteiger partial charge in [-0.3, -0.25) is 14.6 Å². The van der Waals surface area contributed by atoms with Crippen molar-refractivity contribution in [3.8, 4) is 5.75 Å². The molecule has 1 aromatic heterocycles. The van der Waals surface area contributed by atoms with Gasteiger partial charge in [0.1, 0.15) is 12.4 Å². The van der Waals surface area contributed by atoms with Gasteiger partial charge in [0, 0.05) is 12.0 Å². The fraction of sp³-hybridized carbons (Fsp3) is 0.381. The average molecular weight is 366 g/mol. The molecule has 0 radical (unpaired) electrons. The zero-order valence-electron chi connectivity index (χ0n) is 15.4. The van der Waals surface area contributed by atoms with Crippen molar-refractivity contribution in [3.63, 3.8) is 0 Å². The van der Waals surface area contributed by atoms with Crippen LogP contribution in [0.5, 0.6) is 5.75 Å². The Bertz CT molecular complexity index is 981. The molecule has 6 nitrogen and oxygen atoms in total. The van der Waals surface area contributed by atoms with E-state index in [9.17, 15) is 14.7 Å². The molecule has 1 aromatic rings. The lowest BCUT2D eigenvalue weighted by molar-refractivity contribution is -0.149. The normalized spacial score (nSPS) is 23.0.